The third kappa shape index (κ3) is 4.21. The van der Waals surface area contributed by atoms with Gasteiger partial charge in [0, 0.05) is 23.8 Å². The van der Waals surface area contributed by atoms with Crippen molar-refractivity contribution < 1.29 is 4.79 Å². The highest BCUT2D eigenvalue weighted by molar-refractivity contribution is 5.85. The molecule has 1 aromatic carbocycles. The van der Waals surface area contributed by atoms with Crippen molar-refractivity contribution in [2.75, 3.05) is 4.90 Å². The lowest BCUT2D eigenvalue weighted by Crippen LogP contribution is -2.51. The number of benzene rings is 1. The molecule has 1 amide bonds. The van der Waals surface area contributed by atoms with Crippen LogP contribution in [0.1, 0.15) is 46.1 Å². The van der Waals surface area contributed by atoms with Gasteiger partial charge in [-0.15, -0.1) is 0 Å². The lowest BCUT2D eigenvalue weighted by Gasteiger charge is -2.33. The Morgan fingerprint density at radius 1 is 1.33 bits per heavy atom. The van der Waals surface area contributed by atoms with Gasteiger partial charge in [-0.1, -0.05) is 12.1 Å². The van der Waals surface area contributed by atoms with Gasteiger partial charge in [0.15, 0.2) is 0 Å². The third-order valence-electron chi connectivity index (χ3n) is 3.71. The summed E-state index contributed by atoms with van der Waals surface area (Å²) >= 11 is 0. The first-order chi connectivity index (χ1) is 9.81. The van der Waals surface area contributed by atoms with E-state index in [0.29, 0.717) is 12.6 Å². The van der Waals surface area contributed by atoms with Crippen LogP contribution in [-0.2, 0) is 11.3 Å². The van der Waals surface area contributed by atoms with Gasteiger partial charge in [0.2, 0.25) is 5.91 Å². The van der Waals surface area contributed by atoms with Crippen molar-refractivity contribution in [3.05, 3.63) is 29.8 Å². The van der Waals surface area contributed by atoms with Crippen LogP contribution in [0.3, 0.4) is 0 Å². The molecule has 4 heteroatoms. The summed E-state index contributed by atoms with van der Waals surface area (Å²) in [6.07, 6.45) is 2.32. The van der Waals surface area contributed by atoms with Crippen molar-refractivity contribution in [3.8, 4) is 0 Å². The van der Waals surface area contributed by atoms with Crippen LogP contribution in [0.2, 0.25) is 0 Å². The van der Waals surface area contributed by atoms with Gasteiger partial charge in [-0.25, -0.2) is 0 Å². The Labute approximate surface area is 127 Å². The number of rotatable bonds is 5. The summed E-state index contributed by atoms with van der Waals surface area (Å²) in [4.78, 5) is 14.7. The lowest BCUT2D eigenvalue weighted by atomic mass is 10.1. The Bertz CT molecular complexity index is 486. The Morgan fingerprint density at radius 2 is 1.90 bits per heavy atom. The molecule has 21 heavy (non-hydrogen) atoms. The average Bonchev–Trinajstić information content (AvgIpc) is 3.22. The second-order valence-electron chi connectivity index (χ2n) is 6.92. The zero-order chi connectivity index (χ0) is 15.6. The van der Waals surface area contributed by atoms with Crippen LogP contribution in [0.5, 0.6) is 0 Å². The number of carbonyl (C=O) groups is 1. The minimum Gasteiger partial charge on any atom is -0.357 e. The highest BCUT2D eigenvalue weighted by Gasteiger charge is 2.35. The zero-order valence-corrected chi connectivity index (χ0v) is 13.5. The van der Waals surface area contributed by atoms with E-state index in [-0.39, 0.29) is 17.5 Å². The second kappa shape index (κ2) is 6.06. The SMILES string of the molecule is CC(C(=O)NC(C)(C)C)N(c1ccc(CN)cc1)C1CC1. The Morgan fingerprint density at radius 3 is 2.33 bits per heavy atom. The molecule has 0 radical (unpaired) electrons. The molecule has 0 heterocycles. The number of nitrogens with one attached hydrogen (secondary N) is 1. The van der Waals surface area contributed by atoms with Crippen molar-refractivity contribution in [1.82, 2.24) is 5.32 Å². The maximum absolute atomic E-state index is 12.5. The Balaban J connectivity index is 2.16. The maximum Gasteiger partial charge on any atom is 0.242 e. The van der Waals surface area contributed by atoms with E-state index in [9.17, 15) is 4.79 Å². The van der Waals surface area contributed by atoms with Gasteiger partial charge in [-0.2, -0.15) is 0 Å². The first-order valence-electron chi connectivity index (χ1n) is 7.71. The molecule has 0 saturated heterocycles. The lowest BCUT2D eigenvalue weighted by molar-refractivity contribution is -0.123. The number of anilines is 1. The van der Waals surface area contributed by atoms with Crippen molar-refractivity contribution in [2.24, 2.45) is 5.73 Å². The molecule has 4 nitrogen and oxygen atoms in total. The van der Waals surface area contributed by atoms with Gasteiger partial charge in [0.05, 0.1) is 0 Å². The molecule has 3 N–H and O–H groups in total. The highest BCUT2D eigenvalue weighted by atomic mass is 16.2. The van der Waals surface area contributed by atoms with Crippen LogP contribution in [-0.4, -0.2) is 23.5 Å². The van der Waals surface area contributed by atoms with E-state index in [1.165, 1.54) is 0 Å². The Kier molecular flexibility index (Phi) is 4.57. The van der Waals surface area contributed by atoms with Gasteiger partial charge in [-0.3, -0.25) is 4.79 Å². The fraction of sp³-hybridized carbons (Fsp3) is 0.588. The number of amides is 1. The second-order valence-corrected chi connectivity index (χ2v) is 6.92. The molecule has 1 unspecified atom stereocenters. The molecule has 1 fully saturated rings. The molecule has 1 aliphatic rings. The summed E-state index contributed by atoms with van der Waals surface area (Å²) in [5.74, 6) is 0.0808. The topological polar surface area (TPSA) is 58.4 Å². The molecule has 2 rings (SSSR count). The molecule has 1 atom stereocenters. The van der Waals surface area contributed by atoms with Gasteiger partial charge in [0.25, 0.3) is 0 Å². The van der Waals surface area contributed by atoms with Crippen molar-refractivity contribution >= 4 is 11.6 Å². The van der Waals surface area contributed by atoms with Crippen molar-refractivity contribution in [1.29, 1.82) is 0 Å². The first-order valence-corrected chi connectivity index (χ1v) is 7.71. The summed E-state index contributed by atoms with van der Waals surface area (Å²) in [6.45, 7) is 8.55. The predicted molar refractivity (Wildman–Crippen MR) is 87.2 cm³/mol. The summed E-state index contributed by atoms with van der Waals surface area (Å²) in [5, 5.41) is 3.07. The molecule has 1 aromatic rings. The van der Waals surface area contributed by atoms with E-state index >= 15 is 0 Å². The minimum absolute atomic E-state index is 0.0808. The predicted octanol–water partition coefficient (Wildman–Crippen LogP) is 2.42. The van der Waals surface area contributed by atoms with Crippen molar-refractivity contribution in [2.45, 2.75) is 64.7 Å². The largest absolute Gasteiger partial charge is 0.357 e. The molecule has 1 aliphatic carbocycles. The quantitative estimate of drug-likeness (QED) is 0.875. The van der Waals surface area contributed by atoms with E-state index in [4.69, 9.17) is 5.73 Å². The monoisotopic (exact) mass is 289 g/mol. The Hall–Kier alpha value is -1.55. The molecule has 116 valence electrons. The third-order valence-corrected chi connectivity index (χ3v) is 3.71. The standard InChI is InChI=1S/C17H27N3O/c1-12(16(21)19-17(2,3)4)20(15-9-10-15)14-7-5-13(11-18)6-8-14/h5-8,12,15H,9-11,18H2,1-4H3,(H,19,21). The molecule has 0 aromatic heterocycles. The molecular formula is C17H27N3O. The van der Waals surface area contributed by atoms with Gasteiger partial charge >= 0.3 is 0 Å². The normalized spacial score (nSPS) is 16.4. The fourth-order valence-electron chi connectivity index (χ4n) is 2.51. The summed E-state index contributed by atoms with van der Waals surface area (Å²) < 4.78 is 0. The molecule has 0 spiro atoms. The molecule has 0 aliphatic heterocycles. The summed E-state index contributed by atoms with van der Waals surface area (Å²) in [6, 6.07) is 8.54. The zero-order valence-electron chi connectivity index (χ0n) is 13.5. The minimum atomic E-state index is -0.204. The molecular weight excluding hydrogens is 262 g/mol. The van der Waals surface area contributed by atoms with E-state index < -0.39 is 0 Å². The number of nitrogens with zero attached hydrogens (tertiary/aromatic N) is 1. The summed E-state index contributed by atoms with van der Waals surface area (Å²) in [7, 11) is 0. The van der Waals surface area contributed by atoms with Crippen LogP contribution in [0.4, 0.5) is 5.69 Å². The maximum atomic E-state index is 12.5. The van der Waals surface area contributed by atoms with Crippen LogP contribution in [0, 0.1) is 0 Å². The van der Waals surface area contributed by atoms with Gasteiger partial charge in [-0.05, 0) is 58.2 Å². The number of nitrogens with two attached hydrogens (primary N) is 1. The molecule has 0 bridgehead atoms. The van der Waals surface area contributed by atoms with E-state index in [1.807, 2.05) is 39.8 Å². The van der Waals surface area contributed by atoms with E-state index in [1.54, 1.807) is 0 Å². The van der Waals surface area contributed by atoms with E-state index in [0.717, 1.165) is 24.1 Å². The van der Waals surface area contributed by atoms with Crippen LogP contribution in [0.25, 0.3) is 0 Å². The number of hydrogen-bond acceptors (Lipinski definition) is 3. The van der Waals surface area contributed by atoms with E-state index in [2.05, 4.69) is 22.3 Å². The summed E-state index contributed by atoms with van der Waals surface area (Å²) in [5.41, 5.74) is 7.66. The van der Waals surface area contributed by atoms with Crippen LogP contribution >= 0.6 is 0 Å². The number of carbonyl (C=O) groups excluding carboxylic acids is 1. The van der Waals surface area contributed by atoms with Crippen LogP contribution < -0.4 is 16.0 Å². The number of hydrogen-bond donors (Lipinski definition) is 2. The fourth-order valence-corrected chi connectivity index (χ4v) is 2.51. The van der Waals surface area contributed by atoms with Gasteiger partial charge < -0.3 is 16.0 Å². The van der Waals surface area contributed by atoms with Crippen LogP contribution in [0.15, 0.2) is 24.3 Å². The van der Waals surface area contributed by atoms with Gasteiger partial charge in [0.1, 0.15) is 6.04 Å². The first kappa shape index (κ1) is 15.8. The average molecular weight is 289 g/mol. The van der Waals surface area contributed by atoms with Crippen molar-refractivity contribution in [3.63, 3.8) is 0 Å². The molecule has 1 saturated carbocycles. The smallest absolute Gasteiger partial charge is 0.242 e. The highest BCUT2D eigenvalue weighted by Crippen LogP contribution is 2.33.